The number of hydrogen-bond acceptors (Lipinski definition) is 4. The molecule has 122 valence electrons. The van der Waals surface area contributed by atoms with Crippen molar-refractivity contribution in [1.29, 1.82) is 0 Å². The van der Waals surface area contributed by atoms with Crippen molar-refractivity contribution in [3.8, 4) is 5.75 Å². The number of nitrogens with zero attached hydrogens (tertiary/aromatic N) is 1. The molecule has 5 heteroatoms. The van der Waals surface area contributed by atoms with E-state index < -0.39 is 0 Å². The molecule has 0 bridgehead atoms. The Morgan fingerprint density at radius 1 is 1.36 bits per heavy atom. The fourth-order valence-electron chi connectivity index (χ4n) is 2.36. The van der Waals surface area contributed by atoms with Crippen LogP contribution >= 0.6 is 0 Å². The van der Waals surface area contributed by atoms with Gasteiger partial charge in [-0.1, -0.05) is 19.9 Å². The Morgan fingerprint density at radius 2 is 2.09 bits per heavy atom. The van der Waals surface area contributed by atoms with Crippen LogP contribution in [0.3, 0.4) is 0 Å². The molecule has 0 spiro atoms. The molecule has 2 N–H and O–H groups in total. The predicted octanol–water partition coefficient (Wildman–Crippen LogP) is 2.10. The Kier molecular flexibility index (Phi) is 6.07. The van der Waals surface area contributed by atoms with Gasteiger partial charge < -0.3 is 20.1 Å². The van der Waals surface area contributed by atoms with Gasteiger partial charge in [0.25, 0.3) is 0 Å². The first-order chi connectivity index (χ1) is 10.6. The van der Waals surface area contributed by atoms with Crippen LogP contribution in [-0.2, 0) is 16.0 Å². The standard InChI is InChI=1S/C17H26N2O3/c1-13(2)12-22-16-5-3-14(11-15(16)18)4-6-17(20)19-7-9-21-10-8-19/h3,5,11,13H,4,6-10,12,18H2,1-2H3. The van der Waals surface area contributed by atoms with Crippen LogP contribution in [0.25, 0.3) is 0 Å². The molecule has 2 rings (SSSR count). The molecule has 1 fully saturated rings. The van der Waals surface area contributed by atoms with Crippen molar-refractivity contribution in [1.82, 2.24) is 4.90 Å². The molecule has 1 aromatic rings. The van der Waals surface area contributed by atoms with E-state index in [4.69, 9.17) is 15.2 Å². The molecule has 22 heavy (non-hydrogen) atoms. The molecule has 1 aliphatic rings. The quantitative estimate of drug-likeness (QED) is 0.817. The number of carbonyl (C=O) groups excluding carboxylic acids is 1. The zero-order valence-electron chi connectivity index (χ0n) is 13.5. The Bertz CT molecular complexity index is 497. The van der Waals surface area contributed by atoms with E-state index in [1.165, 1.54) is 0 Å². The number of anilines is 1. The lowest BCUT2D eigenvalue weighted by molar-refractivity contribution is -0.135. The monoisotopic (exact) mass is 306 g/mol. The zero-order chi connectivity index (χ0) is 15.9. The summed E-state index contributed by atoms with van der Waals surface area (Å²) in [5, 5.41) is 0. The summed E-state index contributed by atoms with van der Waals surface area (Å²) in [6, 6.07) is 5.78. The fraction of sp³-hybridized carbons (Fsp3) is 0.588. The molecule has 0 saturated carbocycles. The molecule has 0 radical (unpaired) electrons. The van der Waals surface area contributed by atoms with Crippen molar-refractivity contribution < 1.29 is 14.3 Å². The summed E-state index contributed by atoms with van der Waals surface area (Å²) in [4.78, 5) is 14.0. The van der Waals surface area contributed by atoms with Crippen molar-refractivity contribution in [2.24, 2.45) is 5.92 Å². The second-order valence-corrected chi connectivity index (χ2v) is 6.07. The topological polar surface area (TPSA) is 64.8 Å². The first kappa shape index (κ1) is 16.6. The lowest BCUT2D eigenvalue weighted by Gasteiger charge is -2.26. The number of aryl methyl sites for hydroxylation is 1. The summed E-state index contributed by atoms with van der Waals surface area (Å²) in [6.45, 7) is 7.52. The SMILES string of the molecule is CC(C)COc1ccc(CCC(=O)N2CCOCC2)cc1N. The molecule has 1 saturated heterocycles. The first-order valence-electron chi connectivity index (χ1n) is 7.93. The van der Waals surface area contributed by atoms with E-state index in [0.717, 1.165) is 11.3 Å². The van der Waals surface area contributed by atoms with Gasteiger partial charge >= 0.3 is 0 Å². The molecule has 1 amide bonds. The van der Waals surface area contributed by atoms with Crippen LogP contribution in [0.2, 0.25) is 0 Å². The minimum absolute atomic E-state index is 0.182. The van der Waals surface area contributed by atoms with Gasteiger partial charge in [0.2, 0.25) is 5.91 Å². The average molecular weight is 306 g/mol. The average Bonchev–Trinajstić information content (AvgIpc) is 2.52. The summed E-state index contributed by atoms with van der Waals surface area (Å²) in [5.74, 6) is 1.36. The lowest BCUT2D eigenvalue weighted by Crippen LogP contribution is -2.40. The summed E-state index contributed by atoms with van der Waals surface area (Å²) in [5.41, 5.74) is 7.72. The Balaban J connectivity index is 1.85. The second-order valence-electron chi connectivity index (χ2n) is 6.07. The lowest BCUT2D eigenvalue weighted by atomic mass is 10.1. The molecular weight excluding hydrogens is 280 g/mol. The van der Waals surface area contributed by atoms with Gasteiger partial charge in [0.15, 0.2) is 0 Å². The summed E-state index contributed by atoms with van der Waals surface area (Å²) >= 11 is 0. The smallest absolute Gasteiger partial charge is 0.223 e. The van der Waals surface area contributed by atoms with Crippen LogP contribution in [0.15, 0.2) is 18.2 Å². The van der Waals surface area contributed by atoms with Crippen molar-refractivity contribution in [3.05, 3.63) is 23.8 Å². The highest BCUT2D eigenvalue weighted by molar-refractivity contribution is 5.76. The Labute approximate surface area is 132 Å². The number of amides is 1. The van der Waals surface area contributed by atoms with Crippen LogP contribution in [0.4, 0.5) is 5.69 Å². The Hall–Kier alpha value is -1.75. The molecule has 0 unspecified atom stereocenters. The van der Waals surface area contributed by atoms with Crippen LogP contribution < -0.4 is 10.5 Å². The Morgan fingerprint density at radius 3 is 2.73 bits per heavy atom. The molecule has 0 aliphatic carbocycles. The van der Waals surface area contributed by atoms with Gasteiger partial charge in [0.05, 0.1) is 25.5 Å². The van der Waals surface area contributed by atoms with Gasteiger partial charge in [-0.15, -0.1) is 0 Å². The number of rotatable bonds is 6. The number of hydrogen-bond donors (Lipinski definition) is 1. The minimum atomic E-state index is 0.182. The van der Waals surface area contributed by atoms with Gasteiger partial charge in [-0.05, 0) is 30.0 Å². The maximum atomic E-state index is 12.1. The van der Waals surface area contributed by atoms with E-state index >= 15 is 0 Å². The molecule has 0 aromatic heterocycles. The summed E-state index contributed by atoms with van der Waals surface area (Å²) in [7, 11) is 0. The third-order valence-electron chi connectivity index (χ3n) is 3.64. The molecule has 1 heterocycles. The minimum Gasteiger partial charge on any atom is -0.491 e. The van der Waals surface area contributed by atoms with Gasteiger partial charge in [-0.25, -0.2) is 0 Å². The largest absolute Gasteiger partial charge is 0.491 e. The molecule has 5 nitrogen and oxygen atoms in total. The van der Waals surface area contributed by atoms with Gasteiger partial charge in [0, 0.05) is 19.5 Å². The van der Waals surface area contributed by atoms with E-state index in [0.29, 0.717) is 57.4 Å². The van der Waals surface area contributed by atoms with Crippen molar-refractivity contribution >= 4 is 11.6 Å². The van der Waals surface area contributed by atoms with Crippen molar-refractivity contribution in [2.45, 2.75) is 26.7 Å². The van der Waals surface area contributed by atoms with Crippen LogP contribution in [0.1, 0.15) is 25.8 Å². The normalized spacial score (nSPS) is 15.1. The number of ether oxygens (including phenoxy) is 2. The third-order valence-corrected chi connectivity index (χ3v) is 3.64. The van der Waals surface area contributed by atoms with Crippen LogP contribution in [0, 0.1) is 5.92 Å². The molecule has 1 aromatic carbocycles. The molecule has 1 aliphatic heterocycles. The second kappa shape index (κ2) is 8.03. The van der Waals surface area contributed by atoms with E-state index in [9.17, 15) is 4.79 Å². The van der Waals surface area contributed by atoms with Gasteiger partial charge in [0.1, 0.15) is 5.75 Å². The fourth-order valence-corrected chi connectivity index (χ4v) is 2.36. The number of benzene rings is 1. The van der Waals surface area contributed by atoms with Crippen molar-refractivity contribution in [3.63, 3.8) is 0 Å². The summed E-state index contributed by atoms with van der Waals surface area (Å²) < 4.78 is 10.9. The van der Waals surface area contributed by atoms with E-state index in [2.05, 4.69) is 13.8 Å². The maximum absolute atomic E-state index is 12.1. The van der Waals surface area contributed by atoms with E-state index in [1.807, 2.05) is 23.1 Å². The summed E-state index contributed by atoms with van der Waals surface area (Å²) in [6.07, 6.45) is 1.20. The highest BCUT2D eigenvalue weighted by Gasteiger charge is 2.16. The number of nitrogen functional groups attached to an aromatic ring is 1. The number of carbonyl (C=O) groups is 1. The molecule has 0 atom stereocenters. The van der Waals surface area contributed by atoms with Crippen LogP contribution in [-0.4, -0.2) is 43.7 Å². The van der Waals surface area contributed by atoms with E-state index in [1.54, 1.807) is 0 Å². The van der Waals surface area contributed by atoms with Crippen LogP contribution in [0.5, 0.6) is 5.75 Å². The van der Waals surface area contributed by atoms with Crippen molar-refractivity contribution in [2.75, 3.05) is 38.6 Å². The zero-order valence-corrected chi connectivity index (χ0v) is 13.5. The van der Waals surface area contributed by atoms with Gasteiger partial charge in [-0.2, -0.15) is 0 Å². The number of morpholine rings is 1. The first-order valence-corrected chi connectivity index (χ1v) is 7.93. The number of nitrogens with two attached hydrogens (primary N) is 1. The molecular formula is C17H26N2O3. The third kappa shape index (κ3) is 4.91. The maximum Gasteiger partial charge on any atom is 0.223 e. The highest BCUT2D eigenvalue weighted by atomic mass is 16.5. The van der Waals surface area contributed by atoms with E-state index in [-0.39, 0.29) is 5.91 Å². The van der Waals surface area contributed by atoms with Gasteiger partial charge in [-0.3, -0.25) is 4.79 Å². The predicted molar refractivity (Wildman–Crippen MR) is 86.9 cm³/mol. The highest BCUT2D eigenvalue weighted by Crippen LogP contribution is 2.24.